The summed E-state index contributed by atoms with van der Waals surface area (Å²) in [5, 5.41) is 14.8. The molecule has 0 spiro atoms. The van der Waals surface area contributed by atoms with Gasteiger partial charge in [0.05, 0.1) is 16.7 Å². The van der Waals surface area contributed by atoms with Gasteiger partial charge in [0.2, 0.25) is 0 Å². The second-order valence-electron chi connectivity index (χ2n) is 8.09. The summed E-state index contributed by atoms with van der Waals surface area (Å²) in [7, 11) is 0. The Hall–Kier alpha value is -3.67. The number of benzene rings is 3. The number of aryl methyl sites for hydroxylation is 2. The molecule has 1 aliphatic rings. The summed E-state index contributed by atoms with van der Waals surface area (Å²) < 4.78 is 0. The minimum absolute atomic E-state index is 0.0557. The van der Waals surface area contributed by atoms with Crippen LogP contribution in [0.15, 0.2) is 66.7 Å². The molecular formula is C25H25N3O3. The quantitative estimate of drug-likeness (QED) is 0.431. The van der Waals surface area contributed by atoms with Gasteiger partial charge in [0.15, 0.2) is 0 Å². The first-order valence-electron chi connectivity index (χ1n) is 10.4. The van der Waals surface area contributed by atoms with Crippen LogP contribution in [0.5, 0.6) is 0 Å². The number of nitro benzene ring substituents is 1. The van der Waals surface area contributed by atoms with Crippen LogP contribution in [-0.2, 0) is 0 Å². The molecule has 0 radical (unpaired) electrons. The van der Waals surface area contributed by atoms with Gasteiger partial charge < -0.3 is 10.2 Å². The summed E-state index contributed by atoms with van der Waals surface area (Å²) in [4.78, 5) is 26.0. The molecule has 1 heterocycles. The molecule has 6 nitrogen and oxygen atoms in total. The minimum atomic E-state index is -0.474. The van der Waals surface area contributed by atoms with E-state index < -0.39 is 4.92 Å². The predicted molar refractivity (Wildman–Crippen MR) is 123 cm³/mol. The Morgan fingerprint density at radius 1 is 1.03 bits per heavy atom. The number of carbonyl (C=O) groups excluding carboxylic acids is 1. The molecule has 6 heteroatoms. The van der Waals surface area contributed by atoms with Crippen LogP contribution in [0.1, 0.15) is 46.4 Å². The zero-order chi connectivity index (χ0) is 22.1. The van der Waals surface area contributed by atoms with Gasteiger partial charge in [-0.05, 0) is 56.0 Å². The van der Waals surface area contributed by atoms with Gasteiger partial charge in [-0.3, -0.25) is 14.9 Å². The number of carbonyl (C=O) groups is 1. The summed E-state index contributed by atoms with van der Waals surface area (Å²) in [5.74, 6) is -0.221. The SMILES string of the molecule is Cc1ccccc1N[C@@H]1C[C@@H](C)N(C(=O)c2cccc([N+](=O)[O-])c2)c2c(C)cccc21. The van der Waals surface area contributed by atoms with E-state index in [4.69, 9.17) is 0 Å². The Balaban J connectivity index is 1.75. The summed E-state index contributed by atoms with van der Waals surface area (Å²) in [6, 6.07) is 20.1. The third-order valence-corrected chi connectivity index (χ3v) is 5.90. The van der Waals surface area contributed by atoms with Crippen LogP contribution in [0, 0.1) is 24.0 Å². The zero-order valence-corrected chi connectivity index (χ0v) is 17.8. The maximum absolute atomic E-state index is 13.5. The van der Waals surface area contributed by atoms with E-state index in [-0.39, 0.29) is 23.7 Å². The van der Waals surface area contributed by atoms with Gasteiger partial charge >= 0.3 is 0 Å². The van der Waals surface area contributed by atoms with E-state index in [9.17, 15) is 14.9 Å². The maximum atomic E-state index is 13.5. The molecule has 3 aromatic carbocycles. The Bertz CT molecular complexity index is 1160. The van der Waals surface area contributed by atoms with Gasteiger partial charge in [-0.25, -0.2) is 0 Å². The van der Waals surface area contributed by atoms with Gasteiger partial charge in [-0.1, -0.05) is 42.5 Å². The van der Waals surface area contributed by atoms with Crippen LogP contribution in [0.4, 0.5) is 17.1 Å². The highest BCUT2D eigenvalue weighted by molar-refractivity contribution is 6.08. The molecule has 1 N–H and O–H groups in total. The number of hydrogen-bond donors (Lipinski definition) is 1. The molecule has 1 amide bonds. The number of nitrogens with one attached hydrogen (secondary N) is 1. The Morgan fingerprint density at radius 2 is 1.74 bits per heavy atom. The van der Waals surface area contributed by atoms with Crippen molar-refractivity contribution in [1.82, 2.24) is 0 Å². The Labute approximate surface area is 181 Å². The second-order valence-corrected chi connectivity index (χ2v) is 8.09. The van der Waals surface area contributed by atoms with E-state index >= 15 is 0 Å². The van der Waals surface area contributed by atoms with E-state index in [1.165, 1.54) is 17.7 Å². The van der Waals surface area contributed by atoms with Crippen molar-refractivity contribution in [3.63, 3.8) is 0 Å². The zero-order valence-electron chi connectivity index (χ0n) is 17.8. The van der Waals surface area contributed by atoms with E-state index in [1.807, 2.05) is 38.1 Å². The summed E-state index contributed by atoms with van der Waals surface area (Å²) in [6.07, 6.45) is 0.728. The largest absolute Gasteiger partial charge is 0.378 e. The monoisotopic (exact) mass is 415 g/mol. The molecule has 0 aliphatic carbocycles. The normalized spacial score (nSPS) is 17.7. The van der Waals surface area contributed by atoms with Crippen molar-refractivity contribution < 1.29 is 9.72 Å². The molecule has 0 saturated heterocycles. The smallest absolute Gasteiger partial charge is 0.270 e. The molecule has 4 rings (SSSR count). The molecular weight excluding hydrogens is 390 g/mol. The fourth-order valence-electron chi connectivity index (χ4n) is 4.34. The minimum Gasteiger partial charge on any atom is -0.378 e. The third-order valence-electron chi connectivity index (χ3n) is 5.90. The molecule has 31 heavy (non-hydrogen) atoms. The number of nitrogens with zero attached hydrogens (tertiary/aromatic N) is 2. The number of hydrogen-bond acceptors (Lipinski definition) is 4. The Morgan fingerprint density at radius 3 is 2.48 bits per heavy atom. The second kappa shape index (κ2) is 8.22. The fourth-order valence-corrected chi connectivity index (χ4v) is 4.34. The summed E-state index contributed by atoms with van der Waals surface area (Å²) >= 11 is 0. The fraction of sp³-hybridized carbons (Fsp3) is 0.240. The highest BCUT2D eigenvalue weighted by Crippen LogP contribution is 2.42. The van der Waals surface area contributed by atoms with E-state index in [0.29, 0.717) is 5.56 Å². The van der Waals surface area contributed by atoms with Gasteiger partial charge in [0.25, 0.3) is 11.6 Å². The van der Waals surface area contributed by atoms with Crippen molar-refractivity contribution in [3.8, 4) is 0 Å². The molecule has 0 unspecified atom stereocenters. The van der Waals surface area contributed by atoms with Gasteiger partial charge in [-0.15, -0.1) is 0 Å². The number of nitro groups is 1. The lowest BCUT2D eigenvalue weighted by molar-refractivity contribution is -0.384. The summed E-state index contributed by atoms with van der Waals surface area (Å²) in [5.41, 5.74) is 5.41. The first-order chi connectivity index (χ1) is 14.9. The van der Waals surface area contributed by atoms with Crippen molar-refractivity contribution in [2.45, 2.75) is 39.3 Å². The first kappa shape index (κ1) is 20.6. The van der Waals surface area contributed by atoms with E-state index in [1.54, 1.807) is 17.0 Å². The molecule has 0 saturated carbocycles. The number of anilines is 2. The molecule has 158 valence electrons. The standard InChI is InChI=1S/C25H25N3O3/c1-16-8-4-5-13-22(16)26-23-14-18(3)27(24-17(2)9-6-12-21(23)24)25(29)19-10-7-11-20(15-19)28(30)31/h4-13,15,18,23,26H,14H2,1-3H3/t18-,23-/m1/s1. The van der Waals surface area contributed by atoms with Crippen molar-refractivity contribution >= 4 is 23.0 Å². The van der Waals surface area contributed by atoms with Crippen molar-refractivity contribution in [2.24, 2.45) is 0 Å². The maximum Gasteiger partial charge on any atom is 0.270 e. The van der Waals surface area contributed by atoms with Crippen molar-refractivity contribution in [2.75, 3.05) is 10.2 Å². The van der Waals surface area contributed by atoms with Crippen LogP contribution in [0.3, 0.4) is 0 Å². The number of para-hydroxylation sites is 2. The molecule has 0 bridgehead atoms. The molecule has 3 aromatic rings. The molecule has 1 aliphatic heterocycles. The number of rotatable bonds is 4. The van der Waals surface area contributed by atoms with Gasteiger partial charge in [0, 0.05) is 29.4 Å². The average Bonchev–Trinajstić information content (AvgIpc) is 2.75. The lowest BCUT2D eigenvalue weighted by Gasteiger charge is -2.41. The lowest BCUT2D eigenvalue weighted by atomic mass is 9.88. The number of amides is 1. The summed E-state index contributed by atoms with van der Waals surface area (Å²) in [6.45, 7) is 6.09. The number of non-ortho nitro benzene ring substituents is 1. The highest BCUT2D eigenvalue weighted by Gasteiger charge is 2.35. The molecule has 0 aromatic heterocycles. The van der Waals surface area contributed by atoms with E-state index in [2.05, 4.69) is 30.4 Å². The van der Waals surface area contributed by atoms with Crippen molar-refractivity contribution in [1.29, 1.82) is 0 Å². The van der Waals surface area contributed by atoms with Crippen LogP contribution in [-0.4, -0.2) is 16.9 Å². The van der Waals surface area contributed by atoms with Crippen LogP contribution in [0.2, 0.25) is 0 Å². The van der Waals surface area contributed by atoms with E-state index in [0.717, 1.165) is 28.9 Å². The lowest BCUT2D eigenvalue weighted by Crippen LogP contribution is -2.44. The average molecular weight is 415 g/mol. The molecule has 0 fully saturated rings. The highest BCUT2D eigenvalue weighted by atomic mass is 16.6. The first-order valence-corrected chi connectivity index (χ1v) is 10.4. The number of fused-ring (bicyclic) bond motifs is 1. The van der Waals surface area contributed by atoms with Crippen LogP contribution < -0.4 is 10.2 Å². The van der Waals surface area contributed by atoms with Crippen LogP contribution in [0.25, 0.3) is 0 Å². The molecule has 2 atom stereocenters. The van der Waals surface area contributed by atoms with Crippen LogP contribution >= 0.6 is 0 Å². The third kappa shape index (κ3) is 3.89. The van der Waals surface area contributed by atoms with Gasteiger partial charge in [0.1, 0.15) is 0 Å². The predicted octanol–water partition coefficient (Wildman–Crippen LogP) is 5.80. The topological polar surface area (TPSA) is 75.5 Å². The van der Waals surface area contributed by atoms with Crippen molar-refractivity contribution in [3.05, 3.63) is 99.1 Å². The van der Waals surface area contributed by atoms with Gasteiger partial charge in [-0.2, -0.15) is 0 Å². The Kier molecular flexibility index (Phi) is 5.46.